The van der Waals surface area contributed by atoms with Gasteiger partial charge in [0.1, 0.15) is 23.7 Å². The summed E-state index contributed by atoms with van der Waals surface area (Å²) in [4.78, 5) is 24.0. The van der Waals surface area contributed by atoms with E-state index in [1.165, 1.54) is 0 Å². The van der Waals surface area contributed by atoms with Gasteiger partial charge in [-0.3, -0.25) is 0 Å². The van der Waals surface area contributed by atoms with Crippen molar-refractivity contribution in [3.05, 3.63) is 16.9 Å². The van der Waals surface area contributed by atoms with Crippen molar-refractivity contribution < 1.29 is 14.3 Å². The number of aromatic nitrogens is 3. The first-order chi connectivity index (χ1) is 15.2. The Morgan fingerprint density at radius 1 is 1.27 bits per heavy atom. The van der Waals surface area contributed by atoms with Gasteiger partial charge in [-0.25, -0.2) is 14.8 Å². The monoisotopic (exact) mass is 539 g/mol. The molecule has 3 heterocycles. The van der Waals surface area contributed by atoms with E-state index in [-0.39, 0.29) is 11.6 Å². The molecular formula is C23H38BrN5O3Si. The fraction of sp³-hybridized carbons (Fsp3) is 0.696. The zero-order valence-electron chi connectivity index (χ0n) is 21.0. The Morgan fingerprint density at radius 2 is 1.94 bits per heavy atom. The van der Waals surface area contributed by atoms with Gasteiger partial charge in [-0.05, 0) is 62.5 Å². The van der Waals surface area contributed by atoms with E-state index in [2.05, 4.69) is 57.7 Å². The Morgan fingerprint density at radius 3 is 2.55 bits per heavy atom. The molecule has 0 unspecified atom stereocenters. The number of halogens is 1. The number of alkyl carbamates (subject to hydrolysis) is 1. The maximum absolute atomic E-state index is 12.2. The minimum atomic E-state index is -1.12. The predicted molar refractivity (Wildman–Crippen MR) is 139 cm³/mol. The first kappa shape index (κ1) is 26.0. The van der Waals surface area contributed by atoms with Gasteiger partial charge in [0.15, 0.2) is 5.65 Å². The SMILES string of the molecule is CC1(NC(=O)OC(C)(C)C)CCN(c2cnc3c(Br)cn(COCC[Si](C)(C)C)c3n2)CC1. The van der Waals surface area contributed by atoms with E-state index in [9.17, 15) is 4.79 Å². The molecule has 0 spiro atoms. The number of anilines is 1. The average molecular weight is 541 g/mol. The zero-order chi connectivity index (χ0) is 24.4. The Balaban J connectivity index is 1.64. The maximum atomic E-state index is 12.2. The van der Waals surface area contributed by atoms with Gasteiger partial charge in [-0.1, -0.05) is 19.6 Å². The molecule has 1 aliphatic heterocycles. The fourth-order valence-electron chi connectivity index (χ4n) is 3.69. The van der Waals surface area contributed by atoms with Crippen molar-refractivity contribution in [2.75, 3.05) is 24.6 Å². The molecule has 0 radical (unpaired) electrons. The van der Waals surface area contributed by atoms with Gasteiger partial charge in [-0.15, -0.1) is 0 Å². The number of fused-ring (bicyclic) bond motifs is 1. The number of rotatable bonds is 7. The summed E-state index contributed by atoms with van der Waals surface area (Å²) < 4.78 is 14.3. The quantitative estimate of drug-likeness (QED) is 0.375. The third kappa shape index (κ3) is 7.41. The smallest absolute Gasteiger partial charge is 0.408 e. The van der Waals surface area contributed by atoms with E-state index in [1.54, 1.807) is 0 Å². The molecule has 0 bridgehead atoms. The van der Waals surface area contributed by atoms with Gasteiger partial charge >= 0.3 is 6.09 Å². The number of nitrogens with one attached hydrogen (secondary N) is 1. The maximum Gasteiger partial charge on any atom is 0.408 e. The van der Waals surface area contributed by atoms with Crippen LogP contribution in [0.4, 0.5) is 10.6 Å². The number of piperidine rings is 1. The van der Waals surface area contributed by atoms with E-state index in [0.717, 1.165) is 60.0 Å². The van der Waals surface area contributed by atoms with Crippen LogP contribution in [0.15, 0.2) is 16.9 Å². The molecule has 8 nitrogen and oxygen atoms in total. The summed E-state index contributed by atoms with van der Waals surface area (Å²) in [5, 5.41) is 3.06. The van der Waals surface area contributed by atoms with Crippen molar-refractivity contribution >= 4 is 47.1 Å². The summed E-state index contributed by atoms with van der Waals surface area (Å²) in [7, 11) is -1.12. The second-order valence-electron chi connectivity index (χ2n) is 11.4. The van der Waals surface area contributed by atoms with E-state index in [1.807, 2.05) is 37.7 Å². The topological polar surface area (TPSA) is 81.5 Å². The summed E-state index contributed by atoms with van der Waals surface area (Å²) in [5.41, 5.74) is 0.839. The Bertz CT molecular complexity index is 975. The zero-order valence-corrected chi connectivity index (χ0v) is 23.6. The Hall–Kier alpha value is -1.65. The summed E-state index contributed by atoms with van der Waals surface area (Å²) in [5.74, 6) is 0.843. The molecule has 1 aliphatic rings. The van der Waals surface area contributed by atoms with Crippen LogP contribution in [0, 0.1) is 0 Å². The van der Waals surface area contributed by atoms with Crippen LogP contribution < -0.4 is 10.2 Å². The van der Waals surface area contributed by atoms with Crippen molar-refractivity contribution in [2.45, 2.75) is 84.1 Å². The highest BCUT2D eigenvalue weighted by Crippen LogP contribution is 2.29. The van der Waals surface area contributed by atoms with E-state index >= 15 is 0 Å². The van der Waals surface area contributed by atoms with Crippen molar-refractivity contribution in [3.63, 3.8) is 0 Å². The normalized spacial score (nSPS) is 16.8. The molecule has 1 N–H and O–H groups in total. The number of carbonyl (C=O) groups excluding carboxylic acids is 1. The van der Waals surface area contributed by atoms with Crippen LogP contribution in [-0.2, 0) is 16.2 Å². The summed E-state index contributed by atoms with van der Waals surface area (Å²) >= 11 is 3.60. The van der Waals surface area contributed by atoms with Crippen LogP contribution in [0.25, 0.3) is 11.2 Å². The second kappa shape index (κ2) is 9.91. The molecule has 3 rings (SSSR count). The molecule has 2 aromatic heterocycles. The van der Waals surface area contributed by atoms with Crippen LogP contribution in [0.5, 0.6) is 0 Å². The summed E-state index contributed by atoms with van der Waals surface area (Å²) in [6.07, 6.45) is 5.05. The van der Waals surface area contributed by atoms with Gasteiger partial charge in [0.2, 0.25) is 0 Å². The molecule has 2 aromatic rings. The van der Waals surface area contributed by atoms with Crippen LogP contribution in [0.1, 0.15) is 40.5 Å². The molecule has 1 fully saturated rings. The molecule has 0 aromatic carbocycles. The van der Waals surface area contributed by atoms with Crippen molar-refractivity contribution in [2.24, 2.45) is 0 Å². The molecule has 1 amide bonds. The number of nitrogens with zero attached hydrogens (tertiary/aromatic N) is 4. The van der Waals surface area contributed by atoms with Gasteiger partial charge in [0.25, 0.3) is 0 Å². The lowest BCUT2D eigenvalue weighted by atomic mass is 9.90. The van der Waals surface area contributed by atoms with Crippen molar-refractivity contribution in [3.8, 4) is 0 Å². The van der Waals surface area contributed by atoms with E-state index < -0.39 is 13.7 Å². The molecule has 0 saturated carbocycles. The van der Waals surface area contributed by atoms with Crippen LogP contribution in [0.2, 0.25) is 25.7 Å². The highest BCUT2D eigenvalue weighted by atomic mass is 79.9. The standard InChI is InChI=1S/C23H38BrN5O3Si/c1-22(2,3)32-21(30)27-23(4)8-10-28(11-9-23)18-14-25-19-17(24)15-29(20(19)26-18)16-31-12-13-33(5,6)7/h14-15H,8-13,16H2,1-7H3,(H,27,30). The molecule has 33 heavy (non-hydrogen) atoms. The van der Waals surface area contributed by atoms with Crippen molar-refractivity contribution in [1.82, 2.24) is 19.9 Å². The minimum absolute atomic E-state index is 0.302. The lowest BCUT2D eigenvalue weighted by Gasteiger charge is -2.40. The molecule has 10 heteroatoms. The highest BCUT2D eigenvalue weighted by molar-refractivity contribution is 9.10. The van der Waals surface area contributed by atoms with Crippen molar-refractivity contribution in [1.29, 1.82) is 0 Å². The minimum Gasteiger partial charge on any atom is -0.444 e. The Kier molecular flexibility index (Phi) is 7.80. The number of hydrogen-bond donors (Lipinski definition) is 1. The lowest BCUT2D eigenvalue weighted by molar-refractivity contribution is 0.0448. The number of ether oxygens (including phenoxy) is 2. The molecular weight excluding hydrogens is 502 g/mol. The van der Waals surface area contributed by atoms with Gasteiger partial charge in [0, 0.05) is 39.5 Å². The van der Waals surface area contributed by atoms with Gasteiger partial charge in [-0.2, -0.15) is 0 Å². The first-order valence-corrected chi connectivity index (χ1v) is 16.1. The van der Waals surface area contributed by atoms with E-state index in [0.29, 0.717) is 6.73 Å². The Labute approximate surface area is 206 Å². The average Bonchev–Trinajstić information content (AvgIpc) is 2.98. The summed E-state index contributed by atoms with van der Waals surface area (Å²) in [6.45, 7) is 17.5. The van der Waals surface area contributed by atoms with Crippen LogP contribution in [-0.4, -0.2) is 59.5 Å². The second-order valence-corrected chi connectivity index (χ2v) is 17.8. The lowest BCUT2D eigenvalue weighted by Crippen LogP contribution is -2.54. The van der Waals surface area contributed by atoms with Gasteiger partial charge in [0.05, 0.1) is 10.7 Å². The van der Waals surface area contributed by atoms with E-state index in [4.69, 9.17) is 14.5 Å². The first-order valence-electron chi connectivity index (χ1n) is 11.6. The number of carbonyl (C=O) groups is 1. The third-order valence-corrected chi connectivity index (χ3v) is 8.01. The highest BCUT2D eigenvalue weighted by Gasteiger charge is 2.33. The fourth-order valence-corrected chi connectivity index (χ4v) is 4.98. The summed E-state index contributed by atoms with van der Waals surface area (Å²) in [6, 6.07) is 1.13. The molecule has 0 aliphatic carbocycles. The third-order valence-electron chi connectivity index (χ3n) is 5.73. The van der Waals surface area contributed by atoms with Gasteiger partial charge < -0.3 is 24.3 Å². The molecule has 184 valence electrons. The molecule has 0 atom stereocenters. The molecule has 1 saturated heterocycles. The number of hydrogen-bond acceptors (Lipinski definition) is 6. The van der Waals surface area contributed by atoms with Crippen LogP contribution in [0.3, 0.4) is 0 Å². The largest absolute Gasteiger partial charge is 0.444 e. The van der Waals surface area contributed by atoms with Crippen LogP contribution >= 0.6 is 15.9 Å². The predicted octanol–water partition coefficient (Wildman–Crippen LogP) is 5.39. The number of amides is 1.